The summed E-state index contributed by atoms with van der Waals surface area (Å²) in [7, 11) is 0. The van der Waals surface area contributed by atoms with Crippen molar-refractivity contribution in [1.29, 1.82) is 0 Å². The quantitative estimate of drug-likeness (QED) is 0.848. The fourth-order valence-corrected chi connectivity index (χ4v) is 3.30. The van der Waals surface area contributed by atoms with Gasteiger partial charge in [0.2, 0.25) is 0 Å². The van der Waals surface area contributed by atoms with Gasteiger partial charge >= 0.3 is 0 Å². The summed E-state index contributed by atoms with van der Waals surface area (Å²) in [5, 5.41) is 5.13. The average molecular weight is 236 g/mol. The lowest BCUT2D eigenvalue weighted by atomic mass is 10.1. The van der Waals surface area contributed by atoms with Gasteiger partial charge in [0.15, 0.2) is 0 Å². The molecule has 2 aliphatic rings. The second-order valence-electron chi connectivity index (χ2n) is 5.42. The lowest BCUT2D eigenvalue weighted by Crippen LogP contribution is -2.33. The molecule has 16 heavy (non-hydrogen) atoms. The molecule has 0 aliphatic heterocycles. The Morgan fingerprint density at radius 2 is 2.00 bits per heavy atom. The molecule has 0 aromatic carbocycles. The summed E-state index contributed by atoms with van der Waals surface area (Å²) in [5.74, 6) is 1.79. The third kappa shape index (κ3) is 2.30. The fraction of sp³-hybridized carbons (Fsp3) is 0.769. The van der Waals surface area contributed by atoms with Crippen molar-refractivity contribution in [2.45, 2.75) is 51.6 Å². The van der Waals surface area contributed by atoms with Gasteiger partial charge in [-0.1, -0.05) is 0 Å². The van der Waals surface area contributed by atoms with Crippen molar-refractivity contribution < 1.29 is 0 Å². The van der Waals surface area contributed by atoms with Gasteiger partial charge < -0.3 is 5.32 Å². The van der Waals surface area contributed by atoms with E-state index in [4.69, 9.17) is 0 Å². The molecule has 0 saturated heterocycles. The summed E-state index contributed by atoms with van der Waals surface area (Å²) in [6.45, 7) is 4.49. The van der Waals surface area contributed by atoms with Crippen molar-refractivity contribution in [1.82, 2.24) is 10.3 Å². The molecule has 1 aromatic rings. The highest BCUT2D eigenvalue weighted by molar-refractivity contribution is 7.11. The molecule has 0 bridgehead atoms. The Balaban J connectivity index is 1.70. The predicted octanol–water partition coefficient (Wildman–Crippen LogP) is 3.29. The normalized spacial score (nSPS) is 24.4. The van der Waals surface area contributed by atoms with Crippen LogP contribution in [0.2, 0.25) is 0 Å². The van der Waals surface area contributed by atoms with Crippen LogP contribution in [-0.4, -0.2) is 11.0 Å². The van der Waals surface area contributed by atoms with E-state index in [-0.39, 0.29) is 0 Å². The van der Waals surface area contributed by atoms with Gasteiger partial charge in [0.25, 0.3) is 0 Å². The maximum absolute atomic E-state index is 4.57. The van der Waals surface area contributed by atoms with Gasteiger partial charge in [-0.3, -0.25) is 0 Å². The monoisotopic (exact) mass is 236 g/mol. The lowest BCUT2D eigenvalue weighted by Gasteiger charge is -2.21. The summed E-state index contributed by atoms with van der Waals surface area (Å²) >= 11 is 1.86. The van der Waals surface area contributed by atoms with E-state index >= 15 is 0 Å². The molecule has 0 radical (unpaired) electrons. The number of nitrogens with one attached hydrogen (secondary N) is 1. The predicted molar refractivity (Wildman–Crippen MR) is 67.6 cm³/mol. The van der Waals surface area contributed by atoms with Crippen LogP contribution in [0.4, 0.5) is 0 Å². The highest BCUT2D eigenvalue weighted by Gasteiger charge is 2.37. The van der Waals surface area contributed by atoms with Crippen LogP contribution in [0.25, 0.3) is 0 Å². The van der Waals surface area contributed by atoms with Crippen molar-refractivity contribution >= 4 is 11.3 Å². The number of thiazole rings is 1. The summed E-state index contributed by atoms with van der Waals surface area (Å²) in [4.78, 5) is 5.90. The second-order valence-corrected chi connectivity index (χ2v) is 6.68. The first-order chi connectivity index (χ1) is 7.74. The zero-order valence-electron chi connectivity index (χ0n) is 10.1. The molecular formula is C13H20N2S. The van der Waals surface area contributed by atoms with E-state index < -0.39 is 0 Å². The van der Waals surface area contributed by atoms with E-state index in [1.54, 1.807) is 0 Å². The standard InChI is InChI=1S/C13H20N2S/c1-8-7-14-13(16-8)12(11-5-6-11)15-9(2)10-3-4-10/h7,9-12,15H,3-6H2,1-2H3/t9-,12+/m0/s1. The number of aryl methyl sites for hydroxylation is 1. The number of rotatable bonds is 5. The number of aromatic nitrogens is 1. The van der Waals surface area contributed by atoms with Crippen LogP contribution in [-0.2, 0) is 0 Å². The number of hydrogen-bond acceptors (Lipinski definition) is 3. The summed E-state index contributed by atoms with van der Waals surface area (Å²) < 4.78 is 0. The van der Waals surface area contributed by atoms with Crippen molar-refractivity contribution in [2.75, 3.05) is 0 Å². The van der Waals surface area contributed by atoms with Crippen LogP contribution in [0.15, 0.2) is 6.20 Å². The SMILES string of the molecule is Cc1cnc([C@H](N[C@@H](C)C2CC2)C2CC2)s1. The zero-order chi connectivity index (χ0) is 11.1. The third-order valence-corrected chi connectivity index (χ3v) is 4.77. The van der Waals surface area contributed by atoms with Gasteiger partial charge in [0.1, 0.15) is 5.01 Å². The molecule has 0 unspecified atom stereocenters. The second kappa shape index (κ2) is 4.11. The van der Waals surface area contributed by atoms with Gasteiger partial charge in [0, 0.05) is 17.1 Å². The highest BCUT2D eigenvalue weighted by Crippen LogP contribution is 2.43. The first-order valence-corrected chi connectivity index (χ1v) is 7.24. The summed E-state index contributed by atoms with van der Waals surface area (Å²) in [6.07, 6.45) is 7.62. The molecule has 2 atom stereocenters. The molecule has 2 fully saturated rings. The van der Waals surface area contributed by atoms with E-state index in [1.807, 2.05) is 17.5 Å². The first-order valence-electron chi connectivity index (χ1n) is 6.42. The fourth-order valence-electron chi connectivity index (χ4n) is 2.37. The molecule has 3 rings (SSSR count). The van der Waals surface area contributed by atoms with Gasteiger partial charge in [-0.15, -0.1) is 11.3 Å². The first kappa shape index (κ1) is 10.7. The number of nitrogens with zero attached hydrogens (tertiary/aromatic N) is 1. The van der Waals surface area contributed by atoms with Crippen LogP contribution in [0, 0.1) is 18.8 Å². The van der Waals surface area contributed by atoms with Crippen molar-refractivity contribution in [3.8, 4) is 0 Å². The Bertz CT molecular complexity index is 366. The van der Waals surface area contributed by atoms with Crippen LogP contribution < -0.4 is 5.32 Å². The molecule has 0 spiro atoms. The van der Waals surface area contributed by atoms with E-state index in [9.17, 15) is 0 Å². The maximum atomic E-state index is 4.57. The summed E-state index contributed by atoms with van der Waals surface area (Å²) in [6, 6.07) is 1.21. The molecule has 3 heteroatoms. The molecule has 1 aromatic heterocycles. The Kier molecular flexibility index (Phi) is 2.76. The van der Waals surface area contributed by atoms with E-state index in [0.717, 1.165) is 11.8 Å². The van der Waals surface area contributed by atoms with Gasteiger partial charge in [-0.05, 0) is 51.4 Å². The molecule has 1 heterocycles. The van der Waals surface area contributed by atoms with Gasteiger partial charge in [-0.2, -0.15) is 0 Å². The van der Waals surface area contributed by atoms with Crippen LogP contribution in [0.5, 0.6) is 0 Å². The van der Waals surface area contributed by atoms with Gasteiger partial charge in [-0.25, -0.2) is 4.98 Å². The van der Waals surface area contributed by atoms with Crippen molar-refractivity contribution in [2.24, 2.45) is 11.8 Å². The molecule has 1 N–H and O–H groups in total. The van der Waals surface area contributed by atoms with E-state index in [0.29, 0.717) is 12.1 Å². The Morgan fingerprint density at radius 3 is 2.50 bits per heavy atom. The molecule has 2 saturated carbocycles. The summed E-state index contributed by atoms with van der Waals surface area (Å²) in [5.41, 5.74) is 0. The molecule has 88 valence electrons. The topological polar surface area (TPSA) is 24.9 Å². The number of hydrogen-bond donors (Lipinski definition) is 1. The van der Waals surface area contributed by atoms with E-state index in [2.05, 4.69) is 24.1 Å². The molecular weight excluding hydrogens is 216 g/mol. The van der Waals surface area contributed by atoms with Crippen LogP contribution in [0.1, 0.15) is 48.5 Å². The highest BCUT2D eigenvalue weighted by atomic mass is 32.1. The minimum Gasteiger partial charge on any atom is -0.305 e. The smallest absolute Gasteiger partial charge is 0.110 e. The molecule has 2 aliphatic carbocycles. The maximum Gasteiger partial charge on any atom is 0.110 e. The zero-order valence-corrected chi connectivity index (χ0v) is 10.9. The Labute approximate surface area is 101 Å². The van der Waals surface area contributed by atoms with Crippen LogP contribution >= 0.6 is 11.3 Å². The molecule has 0 amide bonds. The largest absolute Gasteiger partial charge is 0.305 e. The molecule has 2 nitrogen and oxygen atoms in total. The Morgan fingerprint density at radius 1 is 1.31 bits per heavy atom. The van der Waals surface area contributed by atoms with Crippen molar-refractivity contribution in [3.05, 3.63) is 16.1 Å². The average Bonchev–Trinajstić information content (AvgIpc) is 3.13. The third-order valence-electron chi connectivity index (χ3n) is 3.77. The van der Waals surface area contributed by atoms with Crippen molar-refractivity contribution in [3.63, 3.8) is 0 Å². The van der Waals surface area contributed by atoms with Gasteiger partial charge in [0.05, 0.1) is 6.04 Å². The minimum atomic E-state index is 0.536. The van der Waals surface area contributed by atoms with E-state index in [1.165, 1.54) is 35.6 Å². The lowest BCUT2D eigenvalue weighted by molar-refractivity contribution is 0.391. The Hall–Kier alpha value is -0.410. The minimum absolute atomic E-state index is 0.536. The van der Waals surface area contributed by atoms with Crippen LogP contribution in [0.3, 0.4) is 0 Å².